The van der Waals surface area contributed by atoms with Gasteiger partial charge in [0.05, 0.1) is 22.3 Å². The average molecular weight is 447 g/mol. The van der Waals surface area contributed by atoms with Gasteiger partial charge in [-0.15, -0.1) is 0 Å². The summed E-state index contributed by atoms with van der Waals surface area (Å²) in [4.78, 5) is 31.4. The Bertz CT molecular complexity index is 1610. The predicted molar refractivity (Wildman–Crippen MR) is 128 cm³/mol. The number of rotatable bonds is 5. The Kier molecular flexibility index (Phi) is 5.22. The summed E-state index contributed by atoms with van der Waals surface area (Å²) >= 11 is 0. The topological polar surface area (TPSA) is 93.6 Å². The Morgan fingerprint density at radius 3 is 2.24 bits per heavy atom. The number of carbonyl (C=O) groups excluding carboxylic acids is 2. The van der Waals surface area contributed by atoms with Crippen molar-refractivity contribution < 1.29 is 9.59 Å². The largest absolute Gasteiger partial charge is 0.324 e. The maximum atomic E-state index is 13.6. The standard InChI is InChI=1S/C27H21N5O2/c1-17-12-14-19(15-13-17)32-26(28)20(24(33)18-8-4-3-5-9-18)16-22(30-32)25(34)27-29-21-10-6-7-11-23(21)31(27)2/h3-16,28H,1-2H3. The molecule has 0 aliphatic heterocycles. The summed E-state index contributed by atoms with van der Waals surface area (Å²) in [5.41, 5.74) is 3.59. The average Bonchev–Trinajstić information content (AvgIpc) is 3.21. The molecule has 0 bridgehead atoms. The van der Waals surface area contributed by atoms with Crippen LogP contribution in [0.25, 0.3) is 16.7 Å². The van der Waals surface area contributed by atoms with Crippen LogP contribution in [0.5, 0.6) is 0 Å². The first kappa shape index (κ1) is 21.2. The van der Waals surface area contributed by atoms with Gasteiger partial charge in [0.25, 0.3) is 0 Å². The van der Waals surface area contributed by atoms with E-state index in [1.165, 1.54) is 10.7 Å². The van der Waals surface area contributed by atoms with E-state index in [4.69, 9.17) is 5.41 Å². The van der Waals surface area contributed by atoms with Crippen LogP contribution in [0, 0.1) is 12.3 Å². The maximum absolute atomic E-state index is 13.6. The summed E-state index contributed by atoms with van der Waals surface area (Å²) in [5, 5.41) is 13.2. The lowest BCUT2D eigenvalue weighted by atomic mass is 10.0. The summed E-state index contributed by atoms with van der Waals surface area (Å²) in [5.74, 6) is -0.574. The van der Waals surface area contributed by atoms with Gasteiger partial charge >= 0.3 is 0 Å². The lowest BCUT2D eigenvalue weighted by Crippen LogP contribution is -2.30. The van der Waals surface area contributed by atoms with E-state index in [0.29, 0.717) is 16.8 Å². The zero-order valence-electron chi connectivity index (χ0n) is 18.7. The van der Waals surface area contributed by atoms with Gasteiger partial charge in [-0.2, -0.15) is 5.10 Å². The summed E-state index contributed by atoms with van der Waals surface area (Å²) in [6.45, 7) is 1.96. The van der Waals surface area contributed by atoms with Crippen LogP contribution in [-0.4, -0.2) is 30.9 Å². The second-order valence-electron chi connectivity index (χ2n) is 8.05. The molecule has 5 rings (SSSR count). The third-order valence-electron chi connectivity index (χ3n) is 5.74. The van der Waals surface area contributed by atoms with Gasteiger partial charge in [-0.05, 0) is 37.3 Å². The zero-order chi connectivity index (χ0) is 23.8. The van der Waals surface area contributed by atoms with E-state index in [0.717, 1.165) is 11.1 Å². The molecule has 3 aromatic carbocycles. The van der Waals surface area contributed by atoms with Gasteiger partial charge in [0.2, 0.25) is 5.78 Å². The van der Waals surface area contributed by atoms with Gasteiger partial charge in [-0.3, -0.25) is 15.0 Å². The van der Waals surface area contributed by atoms with E-state index >= 15 is 0 Å². The van der Waals surface area contributed by atoms with Crippen molar-refractivity contribution in [1.29, 1.82) is 5.41 Å². The van der Waals surface area contributed by atoms with Gasteiger partial charge in [0, 0.05) is 12.6 Å². The van der Waals surface area contributed by atoms with Gasteiger partial charge in [-0.1, -0.05) is 60.2 Å². The molecule has 0 unspecified atom stereocenters. The van der Waals surface area contributed by atoms with E-state index in [2.05, 4.69) is 10.1 Å². The number of nitrogens with zero attached hydrogens (tertiary/aromatic N) is 4. The number of ketones is 2. The molecule has 2 heterocycles. The molecule has 0 fully saturated rings. The van der Waals surface area contributed by atoms with Crippen molar-refractivity contribution in [3.8, 4) is 5.69 Å². The van der Waals surface area contributed by atoms with Crippen molar-refractivity contribution in [2.75, 3.05) is 0 Å². The molecule has 5 aromatic rings. The Hall–Kier alpha value is -4.65. The normalized spacial score (nSPS) is 11.0. The van der Waals surface area contributed by atoms with Crippen LogP contribution in [0.2, 0.25) is 0 Å². The second-order valence-corrected chi connectivity index (χ2v) is 8.05. The lowest BCUT2D eigenvalue weighted by Gasteiger charge is -2.12. The van der Waals surface area contributed by atoms with Gasteiger partial charge in [0.15, 0.2) is 17.1 Å². The SMILES string of the molecule is Cc1ccc(-n2nc(C(=O)c3nc4ccccc4n3C)cc(C(=O)c3ccccc3)c2=N)cc1. The van der Waals surface area contributed by atoms with Gasteiger partial charge < -0.3 is 4.57 Å². The third kappa shape index (κ3) is 3.63. The minimum absolute atomic E-state index is 0.0364. The minimum Gasteiger partial charge on any atom is -0.324 e. The fourth-order valence-electron chi connectivity index (χ4n) is 3.87. The van der Waals surface area contributed by atoms with Crippen LogP contribution >= 0.6 is 0 Å². The fraction of sp³-hybridized carbons (Fsp3) is 0.0741. The van der Waals surface area contributed by atoms with Crippen LogP contribution in [0.3, 0.4) is 0 Å². The summed E-state index contributed by atoms with van der Waals surface area (Å²) < 4.78 is 3.04. The molecule has 0 saturated carbocycles. The van der Waals surface area contributed by atoms with Crippen molar-refractivity contribution in [1.82, 2.24) is 19.3 Å². The molecule has 0 saturated heterocycles. The van der Waals surface area contributed by atoms with Crippen molar-refractivity contribution in [3.05, 3.63) is 119 Å². The highest BCUT2D eigenvalue weighted by atomic mass is 16.1. The molecule has 0 aliphatic carbocycles. The molecular formula is C27H21N5O2. The number of aryl methyl sites for hydroxylation is 2. The maximum Gasteiger partial charge on any atom is 0.248 e. The number of aromatic nitrogens is 4. The first-order chi connectivity index (χ1) is 16.4. The summed E-state index contributed by atoms with van der Waals surface area (Å²) in [6.07, 6.45) is 0. The Morgan fingerprint density at radius 1 is 0.853 bits per heavy atom. The third-order valence-corrected chi connectivity index (χ3v) is 5.74. The fourth-order valence-corrected chi connectivity index (χ4v) is 3.87. The number of para-hydroxylation sites is 2. The van der Waals surface area contributed by atoms with Crippen molar-refractivity contribution in [2.24, 2.45) is 7.05 Å². The molecule has 0 radical (unpaired) electrons. The van der Waals surface area contributed by atoms with E-state index in [9.17, 15) is 9.59 Å². The first-order valence-electron chi connectivity index (χ1n) is 10.8. The Morgan fingerprint density at radius 2 is 1.53 bits per heavy atom. The molecule has 0 atom stereocenters. The van der Waals surface area contributed by atoms with Crippen LogP contribution in [0.1, 0.15) is 37.8 Å². The number of carbonyl (C=O) groups is 2. The highest BCUT2D eigenvalue weighted by Gasteiger charge is 2.23. The number of hydrogen-bond acceptors (Lipinski definition) is 5. The smallest absolute Gasteiger partial charge is 0.248 e. The van der Waals surface area contributed by atoms with Gasteiger partial charge in [0.1, 0.15) is 5.69 Å². The summed E-state index contributed by atoms with van der Waals surface area (Å²) in [7, 11) is 1.77. The quantitative estimate of drug-likeness (QED) is 0.412. The number of benzene rings is 3. The Balaban J connectivity index is 1.71. The van der Waals surface area contributed by atoms with Crippen molar-refractivity contribution >= 4 is 22.6 Å². The number of hydrogen-bond donors (Lipinski definition) is 1. The monoisotopic (exact) mass is 447 g/mol. The molecule has 0 amide bonds. The molecule has 34 heavy (non-hydrogen) atoms. The van der Waals surface area contributed by atoms with Crippen LogP contribution in [0.4, 0.5) is 0 Å². The molecule has 0 aliphatic rings. The molecule has 7 nitrogen and oxygen atoms in total. The molecule has 166 valence electrons. The second kappa shape index (κ2) is 8.37. The van der Waals surface area contributed by atoms with E-state index in [-0.39, 0.29) is 28.4 Å². The first-order valence-corrected chi connectivity index (χ1v) is 10.8. The molecule has 0 spiro atoms. The zero-order valence-corrected chi connectivity index (χ0v) is 18.7. The van der Waals surface area contributed by atoms with E-state index in [1.807, 2.05) is 49.4 Å². The number of imidazole rings is 1. The van der Waals surface area contributed by atoms with Crippen LogP contribution in [-0.2, 0) is 7.05 Å². The molecule has 1 N–H and O–H groups in total. The number of fused-ring (bicyclic) bond motifs is 1. The molecule has 7 heteroatoms. The molecule has 2 aromatic heterocycles. The van der Waals surface area contributed by atoms with E-state index in [1.54, 1.807) is 48.0 Å². The highest BCUT2D eigenvalue weighted by molar-refractivity contribution is 6.11. The predicted octanol–water partition coefficient (Wildman–Crippen LogP) is 4.01. The van der Waals surface area contributed by atoms with Crippen molar-refractivity contribution in [3.63, 3.8) is 0 Å². The van der Waals surface area contributed by atoms with Crippen LogP contribution in [0.15, 0.2) is 84.9 Å². The summed E-state index contributed by atoms with van der Waals surface area (Å²) in [6, 6.07) is 25.0. The lowest BCUT2D eigenvalue weighted by molar-refractivity contribution is 0.102. The number of nitrogens with one attached hydrogen (secondary N) is 1. The molecular weight excluding hydrogens is 426 g/mol. The van der Waals surface area contributed by atoms with Gasteiger partial charge in [-0.25, -0.2) is 9.67 Å². The van der Waals surface area contributed by atoms with Crippen LogP contribution < -0.4 is 5.49 Å². The van der Waals surface area contributed by atoms with Crippen molar-refractivity contribution in [2.45, 2.75) is 6.92 Å². The highest BCUT2D eigenvalue weighted by Crippen LogP contribution is 2.18. The Labute approximate surface area is 195 Å². The minimum atomic E-state index is -0.429. The van der Waals surface area contributed by atoms with E-state index < -0.39 is 5.78 Å².